The molecule has 3 amide bonds. The molecule has 0 aromatic heterocycles. The molecule has 2 fully saturated rings. The Morgan fingerprint density at radius 2 is 2.17 bits per heavy atom. The van der Waals surface area contributed by atoms with E-state index >= 15 is 0 Å². The van der Waals surface area contributed by atoms with Gasteiger partial charge in [0.1, 0.15) is 6.04 Å². The fourth-order valence-electron chi connectivity index (χ4n) is 2.38. The van der Waals surface area contributed by atoms with E-state index in [4.69, 9.17) is 5.11 Å². The first kappa shape index (κ1) is 12.7. The van der Waals surface area contributed by atoms with Crippen LogP contribution in [0, 0.1) is 0 Å². The largest absolute Gasteiger partial charge is 0.480 e. The number of nitrogens with zero attached hydrogens (tertiary/aromatic N) is 1. The zero-order valence-corrected chi connectivity index (χ0v) is 10.0. The molecule has 2 aliphatic rings. The number of hydrogen-bond donors (Lipinski definition) is 3. The van der Waals surface area contributed by atoms with Crippen LogP contribution in [0.15, 0.2) is 0 Å². The molecule has 7 heteroatoms. The molecule has 0 radical (unpaired) electrons. The molecule has 0 aromatic carbocycles. The van der Waals surface area contributed by atoms with E-state index in [0.717, 1.165) is 0 Å². The van der Waals surface area contributed by atoms with Gasteiger partial charge in [-0.3, -0.25) is 4.79 Å². The molecule has 1 unspecified atom stereocenters. The van der Waals surface area contributed by atoms with Crippen molar-refractivity contribution in [3.8, 4) is 0 Å². The Balaban J connectivity index is 1.87. The van der Waals surface area contributed by atoms with Crippen LogP contribution in [0.2, 0.25) is 0 Å². The van der Waals surface area contributed by atoms with Crippen molar-refractivity contribution in [3.05, 3.63) is 0 Å². The number of carboxylic acid groups (broad SMARTS) is 1. The van der Waals surface area contributed by atoms with Crippen molar-refractivity contribution in [2.75, 3.05) is 13.1 Å². The minimum absolute atomic E-state index is 0.00918. The summed E-state index contributed by atoms with van der Waals surface area (Å²) in [4.78, 5) is 35.3. The number of likely N-dealkylation sites (tertiary alicyclic amines) is 1. The van der Waals surface area contributed by atoms with E-state index in [2.05, 4.69) is 10.6 Å². The number of aliphatic carboxylic acids is 1. The molecule has 2 atom stereocenters. The van der Waals surface area contributed by atoms with Gasteiger partial charge >= 0.3 is 12.0 Å². The second-order valence-corrected chi connectivity index (χ2v) is 4.68. The Kier molecular flexibility index (Phi) is 3.69. The molecule has 3 N–H and O–H groups in total. The zero-order valence-electron chi connectivity index (χ0n) is 10.0. The summed E-state index contributed by atoms with van der Waals surface area (Å²) in [6, 6.07) is -1.17. The van der Waals surface area contributed by atoms with Gasteiger partial charge in [0.15, 0.2) is 0 Å². The van der Waals surface area contributed by atoms with Gasteiger partial charge in [0.2, 0.25) is 5.91 Å². The third-order valence-corrected chi connectivity index (χ3v) is 3.39. The SMILES string of the molecule is O=C1CCC(NC(=O)N2CCC[C@H]2C(=O)O)CN1. The van der Waals surface area contributed by atoms with E-state index in [1.807, 2.05) is 0 Å². The summed E-state index contributed by atoms with van der Waals surface area (Å²) in [5, 5.41) is 14.4. The second-order valence-electron chi connectivity index (χ2n) is 4.68. The van der Waals surface area contributed by atoms with Crippen LogP contribution in [-0.2, 0) is 9.59 Å². The molecule has 0 aliphatic carbocycles. The average Bonchev–Trinajstić information content (AvgIpc) is 2.81. The summed E-state index contributed by atoms with van der Waals surface area (Å²) in [6.07, 6.45) is 2.21. The molecule has 18 heavy (non-hydrogen) atoms. The highest BCUT2D eigenvalue weighted by atomic mass is 16.4. The molecular weight excluding hydrogens is 238 g/mol. The first-order valence-electron chi connectivity index (χ1n) is 6.14. The fraction of sp³-hybridized carbons (Fsp3) is 0.727. The van der Waals surface area contributed by atoms with Crippen molar-refractivity contribution >= 4 is 17.9 Å². The monoisotopic (exact) mass is 255 g/mol. The molecule has 2 saturated heterocycles. The minimum atomic E-state index is -0.959. The van der Waals surface area contributed by atoms with Crippen LogP contribution in [0.3, 0.4) is 0 Å². The lowest BCUT2D eigenvalue weighted by Crippen LogP contribution is -2.53. The predicted octanol–water partition coefficient (Wildman–Crippen LogP) is -0.476. The molecule has 0 aromatic rings. The predicted molar refractivity (Wildman–Crippen MR) is 61.9 cm³/mol. The standard InChI is InChI=1S/C11H17N3O4/c15-9-4-3-7(6-12-9)13-11(18)14-5-1-2-8(14)10(16)17/h7-8H,1-6H2,(H,12,15)(H,13,18)(H,16,17)/t7?,8-/m0/s1. The number of carbonyl (C=O) groups excluding carboxylic acids is 2. The number of carboxylic acids is 1. The Morgan fingerprint density at radius 3 is 2.78 bits per heavy atom. The maximum Gasteiger partial charge on any atom is 0.326 e. The normalized spacial score (nSPS) is 27.8. The molecule has 100 valence electrons. The number of rotatable bonds is 2. The Labute approximate surface area is 105 Å². The third kappa shape index (κ3) is 2.72. The molecule has 0 spiro atoms. The maximum atomic E-state index is 11.9. The summed E-state index contributed by atoms with van der Waals surface area (Å²) in [6.45, 7) is 0.887. The molecule has 0 bridgehead atoms. The third-order valence-electron chi connectivity index (χ3n) is 3.39. The smallest absolute Gasteiger partial charge is 0.326 e. The molecule has 0 saturated carbocycles. The molecule has 2 rings (SSSR count). The van der Waals surface area contributed by atoms with Gasteiger partial charge < -0.3 is 20.6 Å². The van der Waals surface area contributed by atoms with Crippen LogP contribution in [0.25, 0.3) is 0 Å². The van der Waals surface area contributed by atoms with Crippen molar-refractivity contribution in [1.82, 2.24) is 15.5 Å². The quantitative estimate of drug-likeness (QED) is 0.621. The summed E-state index contributed by atoms with van der Waals surface area (Å²) in [7, 11) is 0. The molecular formula is C11H17N3O4. The van der Waals surface area contributed by atoms with Gasteiger partial charge in [-0.25, -0.2) is 9.59 Å². The zero-order chi connectivity index (χ0) is 13.1. The average molecular weight is 255 g/mol. The Bertz CT molecular complexity index is 361. The highest BCUT2D eigenvalue weighted by Crippen LogP contribution is 2.17. The van der Waals surface area contributed by atoms with Gasteiger partial charge in [0.25, 0.3) is 0 Å². The van der Waals surface area contributed by atoms with E-state index in [0.29, 0.717) is 38.8 Å². The fourth-order valence-corrected chi connectivity index (χ4v) is 2.38. The van der Waals surface area contributed by atoms with Gasteiger partial charge in [-0.1, -0.05) is 0 Å². The van der Waals surface area contributed by atoms with Crippen molar-refractivity contribution in [3.63, 3.8) is 0 Å². The first-order chi connectivity index (χ1) is 8.58. The van der Waals surface area contributed by atoms with Crippen LogP contribution in [-0.4, -0.2) is 53.1 Å². The van der Waals surface area contributed by atoms with E-state index in [9.17, 15) is 14.4 Å². The van der Waals surface area contributed by atoms with Crippen LogP contribution in [0.1, 0.15) is 25.7 Å². The second kappa shape index (κ2) is 5.24. The lowest BCUT2D eigenvalue weighted by molar-refractivity contribution is -0.141. The number of carbonyl (C=O) groups is 3. The van der Waals surface area contributed by atoms with Crippen LogP contribution < -0.4 is 10.6 Å². The maximum absolute atomic E-state index is 11.9. The molecule has 2 aliphatic heterocycles. The lowest BCUT2D eigenvalue weighted by Gasteiger charge is -2.28. The van der Waals surface area contributed by atoms with Gasteiger partial charge in [-0.2, -0.15) is 0 Å². The van der Waals surface area contributed by atoms with Crippen molar-refractivity contribution in [2.45, 2.75) is 37.8 Å². The highest BCUT2D eigenvalue weighted by Gasteiger charge is 2.35. The molecule has 7 nitrogen and oxygen atoms in total. The summed E-state index contributed by atoms with van der Waals surface area (Å²) >= 11 is 0. The summed E-state index contributed by atoms with van der Waals surface area (Å²) in [5.74, 6) is -0.968. The number of amides is 3. The van der Waals surface area contributed by atoms with Gasteiger partial charge in [0.05, 0.1) is 0 Å². The first-order valence-corrected chi connectivity index (χ1v) is 6.14. The Hall–Kier alpha value is -1.79. The van der Waals surface area contributed by atoms with Gasteiger partial charge in [0, 0.05) is 25.6 Å². The van der Waals surface area contributed by atoms with Gasteiger partial charge in [-0.05, 0) is 19.3 Å². The highest BCUT2D eigenvalue weighted by molar-refractivity contribution is 5.83. The minimum Gasteiger partial charge on any atom is -0.480 e. The summed E-state index contributed by atoms with van der Waals surface area (Å²) in [5.41, 5.74) is 0. The van der Waals surface area contributed by atoms with Crippen LogP contribution in [0.5, 0.6) is 0 Å². The number of piperidine rings is 1. The topological polar surface area (TPSA) is 98.7 Å². The van der Waals surface area contributed by atoms with E-state index in [1.165, 1.54) is 4.90 Å². The number of hydrogen-bond acceptors (Lipinski definition) is 3. The van der Waals surface area contributed by atoms with Crippen LogP contribution >= 0.6 is 0 Å². The number of urea groups is 1. The van der Waals surface area contributed by atoms with E-state index in [1.54, 1.807) is 0 Å². The Morgan fingerprint density at radius 1 is 1.39 bits per heavy atom. The van der Waals surface area contributed by atoms with Gasteiger partial charge in [-0.15, -0.1) is 0 Å². The lowest BCUT2D eigenvalue weighted by atomic mass is 10.1. The van der Waals surface area contributed by atoms with E-state index < -0.39 is 12.0 Å². The van der Waals surface area contributed by atoms with Crippen LogP contribution in [0.4, 0.5) is 4.79 Å². The van der Waals surface area contributed by atoms with Crippen molar-refractivity contribution < 1.29 is 19.5 Å². The van der Waals surface area contributed by atoms with Crippen molar-refractivity contribution in [2.24, 2.45) is 0 Å². The summed E-state index contributed by atoms with van der Waals surface area (Å²) < 4.78 is 0. The van der Waals surface area contributed by atoms with Crippen molar-refractivity contribution in [1.29, 1.82) is 0 Å². The number of nitrogens with one attached hydrogen (secondary N) is 2. The van der Waals surface area contributed by atoms with E-state index in [-0.39, 0.29) is 18.0 Å². The molecule has 2 heterocycles.